The molecule has 0 radical (unpaired) electrons. The van der Waals surface area contributed by atoms with E-state index >= 15 is 0 Å². The Bertz CT molecular complexity index is 1060. The summed E-state index contributed by atoms with van der Waals surface area (Å²) >= 11 is 1.55. The van der Waals surface area contributed by atoms with Gasteiger partial charge in [-0.3, -0.25) is 14.6 Å². The first-order chi connectivity index (χ1) is 15.6. The maximum atomic E-state index is 13.7. The van der Waals surface area contributed by atoms with Crippen molar-refractivity contribution in [1.29, 1.82) is 0 Å². The van der Waals surface area contributed by atoms with Crippen molar-refractivity contribution in [3.05, 3.63) is 47.5 Å². The van der Waals surface area contributed by atoms with E-state index in [1.165, 1.54) is 0 Å². The Morgan fingerprint density at radius 1 is 1.15 bits per heavy atom. The Morgan fingerprint density at radius 2 is 1.85 bits per heavy atom. The molecule has 9 heteroatoms. The fraction of sp³-hybridized carbons (Fsp3) is 0.417. The molecular formula is C24H30ClN3O4S. The highest BCUT2D eigenvalue weighted by Crippen LogP contribution is 2.32. The predicted molar refractivity (Wildman–Crippen MR) is 135 cm³/mol. The molecule has 1 aliphatic rings. The molecule has 0 saturated carbocycles. The molecule has 0 bridgehead atoms. The van der Waals surface area contributed by atoms with Gasteiger partial charge in [-0.2, -0.15) is 0 Å². The molecule has 4 rings (SSSR count). The number of thiazole rings is 1. The first kappa shape index (κ1) is 25.2. The van der Waals surface area contributed by atoms with Gasteiger partial charge in [-0.05, 0) is 37.1 Å². The van der Waals surface area contributed by atoms with Gasteiger partial charge in [0.25, 0.3) is 5.91 Å². The van der Waals surface area contributed by atoms with Crippen LogP contribution in [-0.4, -0.2) is 69.4 Å². The van der Waals surface area contributed by atoms with E-state index in [-0.39, 0.29) is 18.3 Å². The molecule has 1 fully saturated rings. The highest BCUT2D eigenvalue weighted by atomic mass is 35.5. The normalized spacial score (nSPS) is 14.0. The fourth-order valence-electron chi connectivity index (χ4n) is 3.84. The van der Waals surface area contributed by atoms with Crippen LogP contribution in [-0.2, 0) is 4.74 Å². The number of carbonyl (C=O) groups excluding carboxylic acids is 1. The van der Waals surface area contributed by atoms with Gasteiger partial charge in [0.15, 0.2) is 5.13 Å². The lowest BCUT2D eigenvalue weighted by Gasteiger charge is -2.27. The van der Waals surface area contributed by atoms with Gasteiger partial charge >= 0.3 is 0 Å². The highest BCUT2D eigenvalue weighted by molar-refractivity contribution is 7.22. The number of para-hydroxylation sites is 1. The predicted octanol–water partition coefficient (Wildman–Crippen LogP) is 4.41. The van der Waals surface area contributed by atoms with Crippen LogP contribution in [0, 0.1) is 6.92 Å². The maximum absolute atomic E-state index is 13.7. The number of carbonyl (C=O) groups is 1. The highest BCUT2D eigenvalue weighted by Gasteiger charge is 2.23. The number of rotatable bonds is 8. The number of aromatic nitrogens is 1. The van der Waals surface area contributed by atoms with Crippen LogP contribution >= 0.6 is 23.7 Å². The van der Waals surface area contributed by atoms with Gasteiger partial charge < -0.3 is 14.2 Å². The van der Waals surface area contributed by atoms with E-state index in [1.54, 1.807) is 48.7 Å². The number of morpholine rings is 1. The number of aryl methyl sites for hydroxylation is 1. The zero-order chi connectivity index (χ0) is 22.5. The molecule has 33 heavy (non-hydrogen) atoms. The van der Waals surface area contributed by atoms with E-state index in [0.717, 1.165) is 55.0 Å². The lowest BCUT2D eigenvalue weighted by Crippen LogP contribution is -2.39. The van der Waals surface area contributed by atoms with Crippen LogP contribution in [0.15, 0.2) is 36.4 Å². The van der Waals surface area contributed by atoms with Crippen LogP contribution < -0.4 is 14.4 Å². The van der Waals surface area contributed by atoms with Gasteiger partial charge in [-0.15, -0.1) is 12.4 Å². The van der Waals surface area contributed by atoms with E-state index in [2.05, 4.69) is 11.0 Å². The summed E-state index contributed by atoms with van der Waals surface area (Å²) < 4.78 is 17.3. The Hall–Kier alpha value is -2.39. The van der Waals surface area contributed by atoms with Crippen molar-refractivity contribution in [1.82, 2.24) is 9.88 Å². The second kappa shape index (κ2) is 11.7. The average Bonchev–Trinajstić information content (AvgIpc) is 3.27. The molecule has 2 aromatic carbocycles. The first-order valence-electron chi connectivity index (χ1n) is 10.8. The van der Waals surface area contributed by atoms with Gasteiger partial charge in [-0.1, -0.05) is 23.5 Å². The SMILES string of the molecule is COc1cc(OC)cc(C(=O)N(CCCN2CCOCC2)c2nc3c(C)cccc3s2)c1.Cl. The number of amides is 1. The van der Waals surface area contributed by atoms with E-state index in [9.17, 15) is 4.79 Å². The number of methoxy groups -OCH3 is 2. The Labute approximate surface area is 204 Å². The molecule has 0 spiro atoms. The quantitative estimate of drug-likeness (QED) is 0.465. The summed E-state index contributed by atoms with van der Waals surface area (Å²) in [7, 11) is 3.17. The van der Waals surface area contributed by atoms with Crippen LogP contribution in [0.5, 0.6) is 11.5 Å². The minimum atomic E-state index is -0.110. The lowest BCUT2D eigenvalue weighted by molar-refractivity contribution is 0.0376. The summed E-state index contributed by atoms with van der Waals surface area (Å²) in [5, 5.41) is 0.711. The minimum Gasteiger partial charge on any atom is -0.497 e. The van der Waals surface area contributed by atoms with Crippen LogP contribution in [0.3, 0.4) is 0 Å². The lowest BCUT2D eigenvalue weighted by atomic mass is 10.1. The summed E-state index contributed by atoms with van der Waals surface area (Å²) in [6, 6.07) is 11.4. The molecule has 1 amide bonds. The molecule has 1 aromatic heterocycles. The van der Waals surface area contributed by atoms with E-state index < -0.39 is 0 Å². The van der Waals surface area contributed by atoms with Gasteiger partial charge in [0.2, 0.25) is 0 Å². The molecule has 0 aliphatic carbocycles. The van der Waals surface area contributed by atoms with E-state index in [4.69, 9.17) is 19.2 Å². The van der Waals surface area contributed by atoms with Crippen molar-refractivity contribution in [2.45, 2.75) is 13.3 Å². The fourth-order valence-corrected chi connectivity index (χ4v) is 4.91. The second-order valence-corrected chi connectivity index (χ2v) is 8.79. The number of nitrogens with zero attached hydrogens (tertiary/aromatic N) is 3. The Kier molecular flexibility index (Phi) is 8.91. The molecule has 0 atom stereocenters. The van der Waals surface area contributed by atoms with Crippen molar-refractivity contribution in [3.63, 3.8) is 0 Å². The van der Waals surface area contributed by atoms with Crippen LogP contribution in [0.4, 0.5) is 5.13 Å². The van der Waals surface area contributed by atoms with Crippen LogP contribution in [0.1, 0.15) is 22.3 Å². The maximum Gasteiger partial charge on any atom is 0.260 e. The second-order valence-electron chi connectivity index (χ2n) is 7.78. The van der Waals surface area contributed by atoms with E-state index in [0.29, 0.717) is 28.7 Å². The summed E-state index contributed by atoms with van der Waals surface area (Å²) in [6.07, 6.45) is 0.849. The van der Waals surface area contributed by atoms with Crippen molar-refractivity contribution in [3.8, 4) is 11.5 Å². The molecule has 0 unspecified atom stereocenters. The van der Waals surface area contributed by atoms with Gasteiger partial charge in [0.05, 0.1) is 37.6 Å². The first-order valence-corrected chi connectivity index (χ1v) is 11.6. The number of halogens is 1. The molecule has 7 nitrogen and oxygen atoms in total. The van der Waals surface area contributed by atoms with Crippen molar-refractivity contribution < 1.29 is 19.0 Å². The van der Waals surface area contributed by atoms with Gasteiger partial charge in [0, 0.05) is 37.8 Å². The van der Waals surface area contributed by atoms with Crippen molar-refractivity contribution in [2.24, 2.45) is 0 Å². The zero-order valence-electron chi connectivity index (χ0n) is 19.2. The smallest absolute Gasteiger partial charge is 0.260 e. The molecule has 3 aromatic rings. The molecule has 1 saturated heterocycles. The zero-order valence-corrected chi connectivity index (χ0v) is 20.8. The summed E-state index contributed by atoms with van der Waals surface area (Å²) in [6.45, 7) is 6.94. The monoisotopic (exact) mass is 491 g/mol. The standard InChI is InChI=1S/C24H29N3O4S.ClH/c1-17-6-4-7-21-22(17)25-24(32-21)27(9-5-8-26-10-12-31-13-11-26)23(28)18-14-19(29-2)16-20(15-18)30-3;/h4,6-7,14-16H,5,8-13H2,1-3H3;1H. The average molecular weight is 492 g/mol. The number of anilines is 1. The van der Waals surface area contributed by atoms with Crippen LogP contribution in [0.2, 0.25) is 0 Å². The number of hydrogen-bond acceptors (Lipinski definition) is 7. The topological polar surface area (TPSA) is 64.1 Å². The number of hydrogen-bond donors (Lipinski definition) is 0. The summed E-state index contributed by atoms with van der Waals surface area (Å²) in [4.78, 5) is 22.7. The molecule has 1 aliphatic heterocycles. The molecule has 0 N–H and O–H groups in total. The van der Waals surface area contributed by atoms with E-state index in [1.807, 2.05) is 19.1 Å². The molecular weight excluding hydrogens is 462 g/mol. The van der Waals surface area contributed by atoms with Crippen molar-refractivity contribution >= 4 is 45.0 Å². The molecule has 178 valence electrons. The molecule has 2 heterocycles. The number of fused-ring (bicyclic) bond motifs is 1. The third kappa shape index (κ3) is 5.95. The Morgan fingerprint density at radius 3 is 2.48 bits per heavy atom. The van der Waals surface area contributed by atoms with Crippen molar-refractivity contribution in [2.75, 3.05) is 58.5 Å². The Balaban J connectivity index is 0.00000306. The largest absolute Gasteiger partial charge is 0.497 e. The van der Waals surface area contributed by atoms with Gasteiger partial charge in [0.1, 0.15) is 11.5 Å². The summed E-state index contributed by atoms with van der Waals surface area (Å²) in [5.41, 5.74) is 2.57. The van der Waals surface area contributed by atoms with Gasteiger partial charge in [-0.25, -0.2) is 4.98 Å². The third-order valence-corrected chi connectivity index (χ3v) is 6.69. The summed E-state index contributed by atoms with van der Waals surface area (Å²) in [5.74, 6) is 1.06. The number of ether oxygens (including phenoxy) is 3. The number of benzene rings is 2. The van der Waals surface area contributed by atoms with Crippen LogP contribution in [0.25, 0.3) is 10.2 Å². The minimum absolute atomic E-state index is 0. The third-order valence-electron chi connectivity index (χ3n) is 5.64.